The third-order valence-corrected chi connectivity index (χ3v) is 4.30. The van der Waals surface area contributed by atoms with Crippen molar-refractivity contribution >= 4 is 41.5 Å². The van der Waals surface area contributed by atoms with E-state index in [2.05, 4.69) is 34.7 Å². The number of halogens is 1. The summed E-state index contributed by atoms with van der Waals surface area (Å²) in [6, 6.07) is 8.14. The number of guanidine groups is 1. The van der Waals surface area contributed by atoms with Crippen molar-refractivity contribution in [3.63, 3.8) is 0 Å². The molecule has 0 aromatic heterocycles. The van der Waals surface area contributed by atoms with Gasteiger partial charge in [-0.1, -0.05) is 12.1 Å². The van der Waals surface area contributed by atoms with Gasteiger partial charge in [0.05, 0.1) is 6.54 Å². The summed E-state index contributed by atoms with van der Waals surface area (Å²) in [5.74, 6) is 1.06. The van der Waals surface area contributed by atoms with Gasteiger partial charge in [-0.3, -0.25) is 4.79 Å². The summed E-state index contributed by atoms with van der Waals surface area (Å²) in [6.45, 7) is 8.84. The Morgan fingerprint density at radius 2 is 1.96 bits per heavy atom. The summed E-state index contributed by atoms with van der Waals surface area (Å²) in [5, 5.41) is 6.63. The summed E-state index contributed by atoms with van der Waals surface area (Å²) in [6.07, 6.45) is 3.72. The Kier molecular flexibility index (Phi) is 12.1. The van der Waals surface area contributed by atoms with Gasteiger partial charge in [-0.15, -0.1) is 24.0 Å². The van der Waals surface area contributed by atoms with E-state index in [9.17, 15) is 4.79 Å². The van der Waals surface area contributed by atoms with Gasteiger partial charge in [-0.25, -0.2) is 4.99 Å². The molecule has 1 amide bonds. The number of hydrogen-bond acceptors (Lipinski definition) is 3. The summed E-state index contributed by atoms with van der Waals surface area (Å²) < 4.78 is 5.35. The fourth-order valence-corrected chi connectivity index (χ4v) is 2.89. The second kappa shape index (κ2) is 13.8. The maximum Gasteiger partial charge on any atom is 0.227 e. The van der Waals surface area contributed by atoms with E-state index >= 15 is 0 Å². The van der Waals surface area contributed by atoms with Gasteiger partial charge >= 0.3 is 0 Å². The molecule has 2 rings (SSSR count). The number of carbonyl (C=O) groups is 1. The van der Waals surface area contributed by atoms with Gasteiger partial charge in [-0.05, 0) is 50.8 Å². The Hall–Kier alpha value is -1.35. The zero-order valence-electron chi connectivity index (χ0n) is 16.5. The topological polar surface area (TPSA) is 66.0 Å². The van der Waals surface area contributed by atoms with Crippen LogP contribution >= 0.6 is 24.0 Å². The van der Waals surface area contributed by atoms with E-state index < -0.39 is 0 Å². The Morgan fingerprint density at radius 3 is 2.59 bits per heavy atom. The van der Waals surface area contributed by atoms with Crippen molar-refractivity contribution in [2.75, 3.05) is 37.7 Å². The number of anilines is 1. The summed E-state index contributed by atoms with van der Waals surface area (Å²) in [5.41, 5.74) is 2.12. The van der Waals surface area contributed by atoms with E-state index in [1.807, 2.05) is 24.0 Å². The van der Waals surface area contributed by atoms with Crippen LogP contribution in [-0.2, 0) is 16.1 Å². The van der Waals surface area contributed by atoms with E-state index in [-0.39, 0.29) is 29.9 Å². The molecule has 27 heavy (non-hydrogen) atoms. The van der Waals surface area contributed by atoms with Crippen LogP contribution in [0.25, 0.3) is 0 Å². The van der Waals surface area contributed by atoms with Gasteiger partial charge in [0.2, 0.25) is 5.91 Å². The van der Waals surface area contributed by atoms with Crippen molar-refractivity contribution in [2.45, 2.75) is 46.1 Å². The molecule has 0 saturated carbocycles. The first-order valence-corrected chi connectivity index (χ1v) is 9.73. The molecule has 0 spiro atoms. The summed E-state index contributed by atoms with van der Waals surface area (Å²) >= 11 is 0. The fourth-order valence-electron chi connectivity index (χ4n) is 2.89. The average molecular weight is 488 g/mol. The molecule has 1 aromatic rings. The molecular formula is C20H33IN4O2. The van der Waals surface area contributed by atoms with Crippen LogP contribution in [0.15, 0.2) is 29.3 Å². The first-order valence-electron chi connectivity index (χ1n) is 9.73. The molecule has 1 aliphatic rings. The molecule has 1 aliphatic heterocycles. The van der Waals surface area contributed by atoms with Crippen LogP contribution in [0.2, 0.25) is 0 Å². The molecule has 0 bridgehead atoms. The zero-order valence-corrected chi connectivity index (χ0v) is 18.8. The van der Waals surface area contributed by atoms with Crippen LogP contribution in [0.4, 0.5) is 5.69 Å². The van der Waals surface area contributed by atoms with E-state index in [4.69, 9.17) is 4.74 Å². The number of carbonyl (C=O) groups excluding carboxylic acids is 1. The molecule has 0 atom stereocenters. The number of amides is 1. The van der Waals surface area contributed by atoms with Crippen LogP contribution in [0.5, 0.6) is 0 Å². The SMILES string of the molecule is CCNC(=NCc1ccc(N2CCCC2=O)cc1)NCCCCOCC.I. The van der Waals surface area contributed by atoms with Crippen molar-refractivity contribution in [3.05, 3.63) is 29.8 Å². The van der Waals surface area contributed by atoms with Crippen molar-refractivity contribution in [1.82, 2.24) is 10.6 Å². The quantitative estimate of drug-likeness (QED) is 0.230. The predicted molar refractivity (Wildman–Crippen MR) is 122 cm³/mol. The maximum atomic E-state index is 11.8. The molecule has 1 aromatic carbocycles. The predicted octanol–water partition coefficient (Wildman–Crippen LogP) is 3.30. The Balaban J connectivity index is 0.00000364. The Labute approximate surface area is 180 Å². The lowest BCUT2D eigenvalue weighted by molar-refractivity contribution is -0.117. The van der Waals surface area contributed by atoms with Crippen LogP contribution in [0.1, 0.15) is 45.1 Å². The van der Waals surface area contributed by atoms with Crippen LogP contribution in [-0.4, -0.2) is 44.7 Å². The number of hydrogen-bond donors (Lipinski definition) is 2. The number of rotatable bonds is 10. The van der Waals surface area contributed by atoms with Crippen molar-refractivity contribution in [3.8, 4) is 0 Å². The van der Waals surface area contributed by atoms with Crippen molar-refractivity contribution < 1.29 is 9.53 Å². The molecule has 0 unspecified atom stereocenters. The van der Waals surface area contributed by atoms with Gasteiger partial charge < -0.3 is 20.3 Å². The van der Waals surface area contributed by atoms with Gasteiger partial charge in [0.15, 0.2) is 5.96 Å². The molecular weight excluding hydrogens is 455 g/mol. The number of aliphatic imine (C=N–C) groups is 1. The highest BCUT2D eigenvalue weighted by molar-refractivity contribution is 14.0. The number of benzene rings is 1. The lowest BCUT2D eigenvalue weighted by Crippen LogP contribution is -2.37. The minimum Gasteiger partial charge on any atom is -0.382 e. The Bertz CT molecular complexity index is 578. The Morgan fingerprint density at radius 1 is 1.19 bits per heavy atom. The summed E-state index contributed by atoms with van der Waals surface area (Å²) in [7, 11) is 0. The first-order chi connectivity index (χ1) is 12.7. The highest BCUT2D eigenvalue weighted by Gasteiger charge is 2.21. The lowest BCUT2D eigenvalue weighted by Gasteiger charge is -2.16. The molecule has 1 saturated heterocycles. The average Bonchev–Trinajstić information content (AvgIpc) is 3.09. The largest absolute Gasteiger partial charge is 0.382 e. The van der Waals surface area contributed by atoms with Crippen LogP contribution in [0.3, 0.4) is 0 Å². The van der Waals surface area contributed by atoms with E-state index in [1.54, 1.807) is 0 Å². The van der Waals surface area contributed by atoms with E-state index in [1.165, 1.54) is 0 Å². The highest BCUT2D eigenvalue weighted by Crippen LogP contribution is 2.21. The van der Waals surface area contributed by atoms with Crippen molar-refractivity contribution in [2.24, 2.45) is 4.99 Å². The first kappa shape index (κ1) is 23.7. The monoisotopic (exact) mass is 488 g/mol. The van der Waals surface area contributed by atoms with Crippen LogP contribution < -0.4 is 15.5 Å². The number of nitrogens with zero attached hydrogens (tertiary/aromatic N) is 2. The maximum absolute atomic E-state index is 11.8. The number of unbranched alkanes of at least 4 members (excludes halogenated alkanes) is 1. The molecule has 0 radical (unpaired) electrons. The van der Waals surface area contributed by atoms with Gasteiger partial charge in [0, 0.05) is 45.0 Å². The second-order valence-electron chi connectivity index (χ2n) is 6.34. The van der Waals surface area contributed by atoms with Gasteiger partial charge in [-0.2, -0.15) is 0 Å². The zero-order chi connectivity index (χ0) is 18.6. The smallest absolute Gasteiger partial charge is 0.227 e. The minimum absolute atomic E-state index is 0. The molecule has 6 nitrogen and oxygen atoms in total. The highest BCUT2D eigenvalue weighted by atomic mass is 127. The summed E-state index contributed by atoms with van der Waals surface area (Å²) in [4.78, 5) is 18.3. The normalized spacial score (nSPS) is 14.2. The van der Waals surface area contributed by atoms with Crippen molar-refractivity contribution in [1.29, 1.82) is 0 Å². The molecule has 7 heteroatoms. The molecule has 1 heterocycles. The van der Waals surface area contributed by atoms with E-state index in [0.29, 0.717) is 13.0 Å². The molecule has 1 fully saturated rings. The number of ether oxygens (including phenoxy) is 1. The fraction of sp³-hybridized carbons (Fsp3) is 0.600. The van der Waals surface area contributed by atoms with Crippen LogP contribution in [0, 0.1) is 0 Å². The third kappa shape index (κ3) is 8.47. The standard InChI is InChI=1S/C20H32N4O2.HI/c1-3-21-20(22-13-5-6-15-26-4-2)23-16-17-9-11-18(12-10-17)24-14-7-8-19(24)25;/h9-12H,3-8,13-16H2,1-2H3,(H2,21,22,23);1H. The molecule has 0 aliphatic carbocycles. The third-order valence-electron chi connectivity index (χ3n) is 4.30. The van der Waals surface area contributed by atoms with Gasteiger partial charge in [0.25, 0.3) is 0 Å². The molecule has 152 valence electrons. The lowest BCUT2D eigenvalue weighted by atomic mass is 10.2. The minimum atomic E-state index is 0. The molecule has 2 N–H and O–H groups in total. The van der Waals surface area contributed by atoms with Gasteiger partial charge in [0.1, 0.15) is 0 Å². The second-order valence-corrected chi connectivity index (χ2v) is 6.34. The van der Waals surface area contributed by atoms with E-state index in [0.717, 1.165) is 69.3 Å². The number of nitrogens with one attached hydrogen (secondary N) is 2.